The second-order valence-corrected chi connectivity index (χ2v) is 5.52. The van der Waals surface area contributed by atoms with Crippen molar-refractivity contribution in [1.29, 1.82) is 0 Å². The van der Waals surface area contributed by atoms with E-state index in [1.165, 1.54) is 0 Å². The van der Waals surface area contributed by atoms with Gasteiger partial charge in [0.2, 0.25) is 5.91 Å². The Bertz CT molecular complexity index is 486. The van der Waals surface area contributed by atoms with Crippen molar-refractivity contribution in [1.82, 2.24) is 5.32 Å². The van der Waals surface area contributed by atoms with Crippen LogP contribution in [0.4, 0.5) is 5.69 Å². The van der Waals surface area contributed by atoms with Crippen molar-refractivity contribution in [2.24, 2.45) is 11.7 Å². The molecule has 0 aliphatic rings. The molecule has 0 bridgehead atoms. The molecule has 1 rings (SSSR count). The maximum atomic E-state index is 12.2. The van der Waals surface area contributed by atoms with Crippen LogP contribution < -0.4 is 16.4 Å². The van der Waals surface area contributed by atoms with Crippen LogP contribution in [-0.4, -0.2) is 24.4 Å². The van der Waals surface area contributed by atoms with Crippen LogP contribution in [0.1, 0.15) is 44.0 Å². The number of amides is 2. The molecule has 4 N–H and O–H groups in total. The average molecular weight is 291 g/mol. The molecule has 0 heterocycles. The molecule has 1 aromatic rings. The Morgan fingerprint density at radius 3 is 2.57 bits per heavy atom. The topological polar surface area (TPSA) is 84.2 Å². The predicted molar refractivity (Wildman–Crippen MR) is 85.1 cm³/mol. The third-order valence-corrected chi connectivity index (χ3v) is 3.11. The number of carbonyl (C=O) groups is 2. The van der Waals surface area contributed by atoms with Gasteiger partial charge in [-0.2, -0.15) is 0 Å². The lowest BCUT2D eigenvalue weighted by Crippen LogP contribution is -2.41. The van der Waals surface area contributed by atoms with Gasteiger partial charge in [-0.15, -0.1) is 0 Å². The molecule has 0 fully saturated rings. The quantitative estimate of drug-likeness (QED) is 0.719. The summed E-state index contributed by atoms with van der Waals surface area (Å²) in [6.45, 7) is 6.38. The van der Waals surface area contributed by atoms with E-state index in [0.717, 1.165) is 6.42 Å². The molecular formula is C16H25N3O2. The number of benzene rings is 1. The van der Waals surface area contributed by atoms with Crippen LogP contribution in [0.2, 0.25) is 0 Å². The Hall–Kier alpha value is -1.88. The summed E-state index contributed by atoms with van der Waals surface area (Å²) in [5, 5.41) is 5.67. The van der Waals surface area contributed by atoms with Crippen molar-refractivity contribution in [3.63, 3.8) is 0 Å². The minimum Gasteiger partial charge on any atom is -0.348 e. The van der Waals surface area contributed by atoms with E-state index in [4.69, 9.17) is 5.73 Å². The zero-order valence-corrected chi connectivity index (χ0v) is 13.0. The van der Waals surface area contributed by atoms with Crippen LogP contribution in [0.15, 0.2) is 24.3 Å². The Morgan fingerprint density at radius 2 is 2.00 bits per heavy atom. The largest absolute Gasteiger partial charge is 0.348 e. The van der Waals surface area contributed by atoms with Gasteiger partial charge in [0.25, 0.3) is 5.91 Å². The standard InChI is InChI=1S/C16H25N3O2/c1-4-15(20)18-13-7-5-6-12(9-13)16(21)19-14(10-17)8-11(2)3/h5-7,9,11,14H,4,8,10,17H2,1-3H3,(H,18,20)(H,19,21). The first-order chi connectivity index (χ1) is 9.96. The van der Waals surface area contributed by atoms with Crippen molar-refractivity contribution in [2.75, 3.05) is 11.9 Å². The van der Waals surface area contributed by atoms with Crippen molar-refractivity contribution in [3.05, 3.63) is 29.8 Å². The molecule has 0 aliphatic heterocycles. The molecule has 0 spiro atoms. The summed E-state index contributed by atoms with van der Waals surface area (Å²) >= 11 is 0. The highest BCUT2D eigenvalue weighted by molar-refractivity contribution is 5.97. The second-order valence-electron chi connectivity index (χ2n) is 5.52. The third kappa shape index (κ3) is 5.95. The van der Waals surface area contributed by atoms with Crippen LogP contribution in [0.25, 0.3) is 0 Å². The lowest BCUT2D eigenvalue weighted by atomic mass is 10.0. The van der Waals surface area contributed by atoms with E-state index in [9.17, 15) is 9.59 Å². The summed E-state index contributed by atoms with van der Waals surface area (Å²) in [4.78, 5) is 23.6. The number of anilines is 1. The first-order valence-corrected chi connectivity index (χ1v) is 7.37. The van der Waals surface area contributed by atoms with Gasteiger partial charge >= 0.3 is 0 Å². The third-order valence-electron chi connectivity index (χ3n) is 3.11. The van der Waals surface area contributed by atoms with E-state index in [-0.39, 0.29) is 17.9 Å². The number of carbonyl (C=O) groups excluding carboxylic acids is 2. The maximum absolute atomic E-state index is 12.2. The highest BCUT2D eigenvalue weighted by Crippen LogP contribution is 2.12. The van der Waals surface area contributed by atoms with Crippen LogP contribution in [0, 0.1) is 5.92 Å². The Labute approximate surface area is 126 Å². The first kappa shape index (κ1) is 17.2. The summed E-state index contributed by atoms with van der Waals surface area (Å²) < 4.78 is 0. The molecule has 0 saturated heterocycles. The van der Waals surface area contributed by atoms with E-state index >= 15 is 0 Å². The summed E-state index contributed by atoms with van der Waals surface area (Å²) in [5.74, 6) is 0.222. The fourth-order valence-electron chi connectivity index (χ4n) is 2.04. The Balaban J connectivity index is 2.73. The molecule has 1 atom stereocenters. The molecule has 0 saturated carbocycles. The van der Waals surface area contributed by atoms with E-state index in [0.29, 0.717) is 30.1 Å². The molecular weight excluding hydrogens is 266 g/mol. The molecule has 5 heteroatoms. The highest BCUT2D eigenvalue weighted by atomic mass is 16.2. The molecule has 0 aromatic heterocycles. The molecule has 2 amide bonds. The van der Waals surface area contributed by atoms with Crippen molar-refractivity contribution < 1.29 is 9.59 Å². The molecule has 1 aromatic carbocycles. The zero-order valence-electron chi connectivity index (χ0n) is 13.0. The maximum Gasteiger partial charge on any atom is 0.251 e. The highest BCUT2D eigenvalue weighted by Gasteiger charge is 2.14. The fourth-order valence-corrected chi connectivity index (χ4v) is 2.04. The molecule has 1 unspecified atom stereocenters. The van der Waals surface area contributed by atoms with E-state index < -0.39 is 0 Å². The molecule has 0 radical (unpaired) electrons. The lowest BCUT2D eigenvalue weighted by Gasteiger charge is -2.19. The van der Waals surface area contributed by atoms with Crippen molar-refractivity contribution in [3.8, 4) is 0 Å². The SMILES string of the molecule is CCC(=O)Nc1cccc(C(=O)NC(CN)CC(C)C)c1. The molecule has 21 heavy (non-hydrogen) atoms. The average Bonchev–Trinajstić information content (AvgIpc) is 2.46. The Morgan fingerprint density at radius 1 is 1.29 bits per heavy atom. The van der Waals surface area contributed by atoms with E-state index in [1.54, 1.807) is 31.2 Å². The van der Waals surface area contributed by atoms with Gasteiger partial charge < -0.3 is 16.4 Å². The van der Waals surface area contributed by atoms with Gasteiger partial charge in [-0.1, -0.05) is 26.8 Å². The smallest absolute Gasteiger partial charge is 0.251 e. The van der Waals surface area contributed by atoms with Gasteiger partial charge in [0.15, 0.2) is 0 Å². The zero-order chi connectivity index (χ0) is 15.8. The second kappa shape index (κ2) is 8.42. The number of nitrogens with one attached hydrogen (secondary N) is 2. The van der Waals surface area contributed by atoms with Gasteiger partial charge in [-0.05, 0) is 30.5 Å². The van der Waals surface area contributed by atoms with Gasteiger partial charge in [0, 0.05) is 30.3 Å². The van der Waals surface area contributed by atoms with E-state index in [2.05, 4.69) is 24.5 Å². The van der Waals surface area contributed by atoms with Gasteiger partial charge in [0.1, 0.15) is 0 Å². The van der Waals surface area contributed by atoms with Crippen LogP contribution in [0.5, 0.6) is 0 Å². The van der Waals surface area contributed by atoms with Crippen LogP contribution in [0.3, 0.4) is 0 Å². The molecule has 116 valence electrons. The van der Waals surface area contributed by atoms with Gasteiger partial charge in [-0.3, -0.25) is 9.59 Å². The van der Waals surface area contributed by atoms with Gasteiger partial charge in [-0.25, -0.2) is 0 Å². The summed E-state index contributed by atoms with van der Waals surface area (Å²) in [6, 6.07) is 6.87. The fraction of sp³-hybridized carbons (Fsp3) is 0.500. The minimum atomic E-state index is -0.168. The number of nitrogens with two attached hydrogens (primary N) is 1. The monoisotopic (exact) mass is 291 g/mol. The van der Waals surface area contributed by atoms with Crippen LogP contribution >= 0.6 is 0 Å². The van der Waals surface area contributed by atoms with Crippen molar-refractivity contribution in [2.45, 2.75) is 39.7 Å². The normalized spacial score (nSPS) is 12.0. The Kier molecular flexibility index (Phi) is 6.88. The molecule has 0 aliphatic carbocycles. The number of hydrogen-bond donors (Lipinski definition) is 3. The van der Waals surface area contributed by atoms with E-state index in [1.807, 2.05) is 0 Å². The predicted octanol–water partition coefficient (Wildman–Crippen LogP) is 2.14. The molecule has 5 nitrogen and oxygen atoms in total. The summed E-state index contributed by atoms with van der Waals surface area (Å²) in [6.07, 6.45) is 1.24. The summed E-state index contributed by atoms with van der Waals surface area (Å²) in [7, 11) is 0. The van der Waals surface area contributed by atoms with Gasteiger partial charge in [0.05, 0.1) is 0 Å². The number of rotatable bonds is 7. The lowest BCUT2D eigenvalue weighted by molar-refractivity contribution is -0.115. The first-order valence-electron chi connectivity index (χ1n) is 7.37. The van der Waals surface area contributed by atoms with Crippen molar-refractivity contribution >= 4 is 17.5 Å². The summed E-state index contributed by atoms with van der Waals surface area (Å²) in [5.41, 5.74) is 6.84. The van der Waals surface area contributed by atoms with Crippen LogP contribution in [-0.2, 0) is 4.79 Å². The number of hydrogen-bond acceptors (Lipinski definition) is 3. The minimum absolute atomic E-state index is 0.0358.